The van der Waals surface area contributed by atoms with Crippen molar-refractivity contribution in [2.75, 3.05) is 63.9 Å². The van der Waals surface area contributed by atoms with Gasteiger partial charge in [0.15, 0.2) is 5.82 Å². The molecule has 4 atom stereocenters. The number of anilines is 2. The molecule has 2 fully saturated rings. The smallest absolute Gasteiger partial charge is 0.407 e. The second-order valence-corrected chi connectivity index (χ2v) is 17.0. The third kappa shape index (κ3) is 8.89. The summed E-state index contributed by atoms with van der Waals surface area (Å²) in [5, 5.41) is 9.74. The lowest BCUT2D eigenvalue weighted by atomic mass is 9.74. The van der Waals surface area contributed by atoms with Crippen LogP contribution in [0.2, 0.25) is 0 Å². The summed E-state index contributed by atoms with van der Waals surface area (Å²) in [6.45, 7) is 10.1. The van der Waals surface area contributed by atoms with Crippen LogP contribution in [0.5, 0.6) is 17.5 Å². The van der Waals surface area contributed by atoms with Crippen molar-refractivity contribution >= 4 is 40.2 Å². The van der Waals surface area contributed by atoms with E-state index < -0.39 is 6.09 Å². The Morgan fingerprint density at radius 1 is 0.965 bits per heavy atom. The molecule has 2 aliphatic heterocycles. The molecule has 0 spiro atoms. The molecule has 3 aromatic carbocycles. The highest BCUT2D eigenvalue weighted by Gasteiger charge is 2.38. The fourth-order valence-electron chi connectivity index (χ4n) is 8.71. The van der Waals surface area contributed by atoms with Gasteiger partial charge in [0.25, 0.3) is 0 Å². The maximum Gasteiger partial charge on any atom is 0.407 e. The molecule has 1 N–H and O–H groups in total. The first-order valence-corrected chi connectivity index (χ1v) is 21.0. The number of carbonyl (C=O) groups is 1. The third-order valence-electron chi connectivity index (χ3n) is 12.1. The molecule has 3 aliphatic rings. The highest BCUT2D eigenvalue weighted by atomic mass is 127. The summed E-state index contributed by atoms with van der Waals surface area (Å²) in [5.74, 6) is 2.07. The molecule has 0 bridgehead atoms. The van der Waals surface area contributed by atoms with Gasteiger partial charge in [0.2, 0.25) is 0 Å². The van der Waals surface area contributed by atoms with Gasteiger partial charge in [-0.1, -0.05) is 31.2 Å². The summed E-state index contributed by atoms with van der Waals surface area (Å²) in [4.78, 5) is 30.1. The van der Waals surface area contributed by atoms with Crippen LogP contribution < -0.4 is 24.0 Å². The monoisotopic (exact) mass is 892 g/mol. The number of likely N-dealkylation sites (N-methyl/N-ethyl adjacent to an activating group) is 1. The van der Waals surface area contributed by atoms with Crippen molar-refractivity contribution in [3.63, 3.8) is 0 Å². The van der Waals surface area contributed by atoms with Gasteiger partial charge in [0.1, 0.15) is 23.9 Å². The Kier molecular flexibility index (Phi) is 12.6. The van der Waals surface area contributed by atoms with Gasteiger partial charge >= 0.3 is 12.1 Å². The van der Waals surface area contributed by atoms with Crippen LogP contribution in [0.15, 0.2) is 54.6 Å². The summed E-state index contributed by atoms with van der Waals surface area (Å²) in [5.41, 5.74) is 6.30. The molecule has 304 valence electrons. The topological polar surface area (TPSA) is 104 Å². The van der Waals surface area contributed by atoms with E-state index in [0.29, 0.717) is 69.9 Å². The Hall–Kier alpha value is -4.37. The molecule has 3 heterocycles. The van der Waals surface area contributed by atoms with Crippen molar-refractivity contribution in [3.05, 3.63) is 97.5 Å². The van der Waals surface area contributed by atoms with Crippen LogP contribution in [-0.2, 0) is 25.9 Å². The van der Waals surface area contributed by atoms with Crippen LogP contribution in [0.25, 0.3) is 0 Å². The van der Waals surface area contributed by atoms with E-state index in [-0.39, 0.29) is 23.7 Å². The van der Waals surface area contributed by atoms with E-state index >= 15 is 4.39 Å². The zero-order valence-corrected chi connectivity index (χ0v) is 36.0. The number of hydrogen-bond acceptors (Lipinski definition) is 9. The fourth-order valence-corrected chi connectivity index (χ4v) is 9.50. The number of halogens is 2. The molecule has 1 aromatic heterocycles. The van der Waals surface area contributed by atoms with Gasteiger partial charge in [-0.05, 0) is 135 Å². The van der Waals surface area contributed by atoms with E-state index in [0.717, 1.165) is 73.8 Å². The highest BCUT2D eigenvalue weighted by Crippen LogP contribution is 2.45. The molecule has 0 radical (unpaired) electrons. The normalized spacial score (nSPS) is 21.0. The predicted molar refractivity (Wildman–Crippen MR) is 229 cm³/mol. The van der Waals surface area contributed by atoms with Crippen LogP contribution in [0, 0.1) is 22.2 Å². The molecule has 13 heteroatoms. The first-order chi connectivity index (χ1) is 27.4. The van der Waals surface area contributed by atoms with Crippen molar-refractivity contribution in [3.8, 4) is 17.5 Å². The third-order valence-corrected chi connectivity index (χ3v) is 13.5. The van der Waals surface area contributed by atoms with E-state index in [4.69, 9.17) is 24.2 Å². The Morgan fingerprint density at radius 3 is 2.18 bits per heavy atom. The van der Waals surface area contributed by atoms with Gasteiger partial charge in [-0.15, -0.1) is 0 Å². The van der Waals surface area contributed by atoms with Gasteiger partial charge < -0.3 is 38.9 Å². The van der Waals surface area contributed by atoms with Crippen molar-refractivity contribution in [2.24, 2.45) is 5.92 Å². The summed E-state index contributed by atoms with van der Waals surface area (Å²) < 4.78 is 35.8. The SMILES string of the molecule is COc1ccc(CN(Cc2ccc(OC)cc2)c2cc(C)c(I)c([C@@H]3Cc4nc(OC[C@@H]5CCCN5C)nc(N5CCN(C(=O)O)C[C@@H]5C)c4C[C@H]3C)c2F)cc1. The second kappa shape index (κ2) is 17.6. The number of fused-ring (bicyclic) bond motifs is 1. The van der Waals surface area contributed by atoms with E-state index in [1.807, 2.05) is 61.5 Å². The Labute approximate surface area is 349 Å². The quantitative estimate of drug-likeness (QED) is 0.141. The minimum absolute atomic E-state index is 0.0728. The molecule has 0 unspecified atom stereocenters. The van der Waals surface area contributed by atoms with E-state index in [1.165, 1.54) is 4.90 Å². The number of amides is 1. The van der Waals surface area contributed by atoms with Gasteiger partial charge in [-0.2, -0.15) is 9.97 Å². The zero-order valence-electron chi connectivity index (χ0n) is 33.8. The van der Waals surface area contributed by atoms with Crippen LogP contribution in [0.3, 0.4) is 0 Å². The Balaban J connectivity index is 1.26. The number of rotatable bonds is 12. The number of nitrogens with zero attached hydrogens (tertiary/aromatic N) is 6. The molecular weight excluding hydrogens is 838 g/mol. The number of hydrogen-bond donors (Lipinski definition) is 1. The van der Waals surface area contributed by atoms with Gasteiger partial charge in [0.05, 0.1) is 25.6 Å². The molecule has 1 amide bonds. The number of likely N-dealkylation sites (tertiary alicyclic amines) is 1. The summed E-state index contributed by atoms with van der Waals surface area (Å²) >= 11 is 2.33. The van der Waals surface area contributed by atoms with Gasteiger partial charge in [0, 0.05) is 59.5 Å². The van der Waals surface area contributed by atoms with Crippen molar-refractivity contribution in [2.45, 2.75) is 77.5 Å². The van der Waals surface area contributed by atoms with Gasteiger partial charge in [-0.3, -0.25) is 0 Å². The number of aromatic nitrogens is 2. The molecule has 2 saturated heterocycles. The molecular formula is C44H54FIN6O5. The number of methoxy groups -OCH3 is 2. The van der Waals surface area contributed by atoms with E-state index in [2.05, 4.69) is 58.2 Å². The number of ether oxygens (including phenoxy) is 3. The minimum Gasteiger partial charge on any atom is -0.497 e. The molecule has 57 heavy (non-hydrogen) atoms. The van der Waals surface area contributed by atoms with Crippen LogP contribution in [0.1, 0.15) is 66.1 Å². The van der Waals surface area contributed by atoms with Crippen molar-refractivity contribution < 1.29 is 28.5 Å². The average molecular weight is 893 g/mol. The van der Waals surface area contributed by atoms with Gasteiger partial charge in [-0.25, -0.2) is 9.18 Å². The number of benzene rings is 3. The predicted octanol–water partition coefficient (Wildman–Crippen LogP) is 7.93. The van der Waals surface area contributed by atoms with E-state index in [1.54, 1.807) is 14.2 Å². The van der Waals surface area contributed by atoms with Crippen LogP contribution in [-0.4, -0.2) is 97.1 Å². The van der Waals surface area contributed by atoms with E-state index in [9.17, 15) is 9.90 Å². The Morgan fingerprint density at radius 2 is 1.61 bits per heavy atom. The van der Waals surface area contributed by atoms with Crippen molar-refractivity contribution in [1.82, 2.24) is 19.8 Å². The number of carboxylic acid groups (broad SMARTS) is 1. The Bertz CT molecular complexity index is 2000. The molecule has 7 rings (SSSR count). The number of piperazine rings is 1. The molecule has 1 aliphatic carbocycles. The van der Waals surface area contributed by atoms with Crippen LogP contribution in [0.4, 0.5) is 20.7 Å². The summed E-state index contributed by atoms with van der Waals surface area (Å²) in [6, 6.07) is 18.4. The van der Waals surface area contributed by atoms with Crippen LogP contribution >= 0.6 is 22.6 Å². The lowest BCUT2D eigenvalue weighted by Gasteiger charge is -2.41. The minimum atomic E-state index is -0.909. The summed E-state index contributed by atoms with van der Waals surface area (Å²) in [6.07, 6.45) is 2.47. The maximum atomic E-state index is 17.7. The lowest BCUT2D eigenvalue weighted by Crippen LogP contribution is -2.54. The maximum absolute atomic E-state index is 17.7. The highest BCUT2D eigenvalue weighted by molar-refractivity contribution is 14.1. The average Bonchev–Trinajstić information content (AvgIpc) is 3.62. The van der Waals surface area contributed by atoms with Crippen molar-refractivity contribution in [1.29, 1.82) is 0 Å². The zero-order chi connectivity index (χ0) is 40.4. The molecule has 0 saturated carbocycles. The molecule has 4 aromatic rings. The first-order valence-electron chi connectivity index (χ1n) is 19.9. The molecule has 11 nitrogen and oxygen atoms in total. The summed E-state index contributed by atoms with van der Waals surface area (Å²) in [7, 11) is 5.43. The standard InChI is InChI=1S/C44H54FIN6O5/c1-27-20-36-37(47-43(57-26-32-8-7-17-49(32)4)48-42(36)52-19-18-50(44(53)54)23-29(52)3)22-35(27)39-40(45)38(21-28(2)41(39)46)51(24-30-9-13-33(55-5)14-10-30)25-31-11-15-34(56-6)16-12-31/h9-16,21,27,29,32,35H,7-8,17-20,22-26H2,1-6H3,(H,53,54)/t27-,29+,32+,35-/m1/s1. The first kappa shape index (κ1) is 40.8. The fraction of sp³-hybridized carbons (Fsp3) is 0.477. The number of aryl methyl sites for hydroxylation is 1. The largest absolute Gasteiger partial charge is 0.497 e. The lowest BCUT2D eigenvalue weighted by molar-refractivity contribution is 0.136. The second-order valence-electron chi connectivity index (χ2n) is 15.9.